The monoisotopic (exact) mass is 744 g/mol. The Morgan fingerprint density at radius 3 is 2.13 bits per heavy atom. The number of hydrogen-bond donors (Lipinski definition) is 0. The van der Waals surface area contributed by atoms with Crippen LogP contribution in [0.3, 0.4) is 0 Å². The molecular weight excluding hydrogens is 695 g/mol. The Hall–Kier alpha value is -2.31. The van der Waals surface area contributed by atoms with Crippen molar-refractivity contribution >= 4 is 57.7 Å². The van der Waals surface area contributed by atoms with Crippen molar-refractivity contribution in [3.8, 4) is 0 Å². The molecule has 4 heterocycles. The first-order valence-electron chi connectivity index (χ1n) is 16.7. The summed E-state index contributed by atoms with van der Waals surface area (Å²) in [5.74, 6) is 0. The van der Waals surface area contributed by atoms with Gasteiger partial charge < -0.3 is 4.74 Å². The van der Waals surface area contributed by atoms with Gasteiger partial charge in [-0.15, -0.1) is 0 Å². The van der Waals surface area contributed by atoms with E-state index in [9.17, 15) is 13.2 Å². The Morgan fingerprint density at radius 1 is 0.956 bits per heavy atom. The Morgan fingerprint density at radius 2 is 1.58 bits per heavy atom. The van der Waals surface area contributed by atoms with Gasteiger partial charge in [0.2, 0.25) is 0 Å². The third kappa shape index (κ3) is 7.81. The average Bonchev–Trinajstić information content (AvgIpc) is 3.42. The van der Waals surface area contributed by atoms with Crippen molar-refractivity contribution < 1.29 is 22.7 Å². The van der Waals surface area contributed by atoms with E-state index in [1.807, 2.05) is 12.1 Å². The molecule has 2 aliphatic rings. The van der Waals surface area contributed by atoms with Crippen molar-refractivity contribution in [1.29, 1.82) is 0 Å². The van der Waals surface area contributed by atoms with Crippen molar-refractivity contribution in [2.45, 2.75) is 93.0 Å². The number of hydrogen-bond acceptors (Lipinski definition) is 7. The van der Waals surface area contributed by atoms with Crippen molar-refractivity contribution in [2.24, 2.45) is 0 Å². The fraction of sp³-hybridized carbons (Fsp3) is 0.588. The predicted molar refractivity (Wildman–Crippen MR) is 180 cm³/mol. The molecule has 2 saturated heterocycles. The Kier molecular flexibility index (Phi) is 11.7. The van der Waals surface area contributed by atoms with E-state index in [2.05, 4.69) is 31.7 Å². The van der Waals surface area contributed by atoms with Gasteiger partial charge in [-0.05, 0) is 0 Å². The number of rotatable bonds is 15. The number of amides is 1. The van der Waals surface area contributed by atoms with E-state index in [1.54, 1.807) is 39.3 Å². The SMILES string of the molecule is CCCC[C](CCCC)(CCCC)[Sn][c]1cc2c(N3CCN(C(=O)OC4COC4)CC3)ccnc2n1S(=O)(=O)c1ccccc1. The molecule has 0 saturated carbocycles. The summed E-state index contributed by atoms with van der Waals surface area (Å²) in [6.07, 6.45) is 11.7. The Balaban J connectivity index is 1.54. The summed E-state index contributed by atoms with van der Waals surface area (Å²) in [5.41, 5.74) is 1.48. The zero-order valence-corrected chi connectivity index (χ0v) is 30.7. The molecule has 5 rings (SSSR count). The van der Waals surface area contributed by atoms with Gasteiger partial charge in [-0.1, -0.05) is 0 Å². The summed E-state index contributed by atoms with van der Waals surface area (Å²) >= 11 is -1.46. The summed E-state index contributed by atoms with van der Waals surface area (Å²) in [6.45, 7) is 10.0. The number of piperazine rings is 1. The van der Waals surface area contributed by atoms with Crippen LogP contribution in [-0.4, -0.2) is 95.0 Å². The van der Waals surface area contributed by atoms with Crippen molar-refractivity contribution in [2.75, 3.05) is 44.3 Å². The molecule has 2 aliphatic heterocycles. The summed E-state index contributed by atoms with van der Waals surface area (Å²) < 4.78 is 42.4. The molecule has 9 nitrogen and oxygen atoms in total. The molecule has 1 aromatic carbocycles. The first kappa shape index (κ1) is 34.0. The number of ether oxygens (including phenoxy) is 2. The molecule has 3 aromatic rings. The van der Waals surface area contributed by atoms with Crippen LogP contribution in [0, 0.1) is 0 Å². The number of nitrogens with zero attached hydrogens (tertiary/aromatic N) is 4. The van der Waals surface area contributed by atoms with Crippen molar-refractivity contribution in [3.05, 3.63) is 48.7 Å². The molecule has 0 atom stereocenters. The number of carbonyl (C=O) groups is 1. The van der Waals surface area contributed by atoms with Gasteiger partial charge in [-0.2, -0.15) is 0 Å². The molecule has 0 unspecified atom stereocenters. The van der Waals surface area contributed by atoms with E-state index in [0.717, 1.165) is 53.3 Å². The molecule has 2 radical (unpaired) electrons. The molecule has 2 fully saturated rings. The van der Waals surface area contributed by atoms with Crippen LogP contribution in [0.4, 0.5) is 10.5 Å². The van der Waals surface area contributed by atoms with Crippen LogP contribution in [0.2, 0.25) is 3.43 Å². The third-order valence-corrected chi connectivity index (χ3v) is 16.7. The number of unbranched alkanes of at least 4 members (excludes halogenated alkanes) is 3. The Labute approximate surface area is 278 Å². The predicted octanol–water partition coefficient (Wildman–Crippen LogP) is 5.99. The minimum absolute atomic E-state index is 0.149. The van der Waals surface area contributed by atoms with Crippen LogP contribution in [0.15, 0.2) is 53.6 Å². The van der Waals surface area contributed by atoms with E-state index in [1.165, 1.54) is 19.3 Å². The first-order valence-corrected chi connectivity index (χ1v) is 21.0. The maximum atomic E-state index is 14.5. The standard InChI is InChI=1S/C21H21N4O5S.C13H27.Sn/c26-21(30-16-14-29-15-16)24-12-10-23(11-13-24)19-6-8-22-20-18(19)7-9-25(20)31(27,28)17-4-2-1-3-5-17;1-4-7-10-13(11-8-5-2)12-9-6-3;/h1-8,16H,10-15H2;4-12H2,1-3H3;. The second kappa shape index (κ2) is 15.5. The van der Waals surface area contributed by atoms with Crippen LogP contribution in [0.5, 0.6) is 0 Å². The number of aromatic nitrogens is 2. The van der Waals surface area contributed by atoms with Gasteiger partial charge in [0.05, 0.1) is 0 Å². The van der Waals surface area contributed by atoms with Crippen LogP contribution < -0.4 is 8.61 Å². The van der Waals surface area contributed by atoms with E-state index >= 15 is 0 Å². The van der Waals surface area contributed by atoms with E-state index in [-0.39, 0.29) is 15.6 Å². The number of anilines is 1. The van der Waals surface area contributed by atoms with Crippen molar-refractivity contribution in [1.82, 2.24) is 13.9 Å². The second-order valence-electron chi connectivity index (χ2n) is 12.4. The molecule has 1 amide bonds. The topological polar surface area (TPSA) is 94.0 Å². The molecule has 0 N–H and O–H groups in total. The van der Waals surface area contributed by atoms with Gasteiger partial charge in [0.15, 0.2) is 0 Å². The molecule has 11 heteroatoms. The average molecular weight is 744 g/mol. The van der Waals surface area contributed by atoms with Gasteiger partial charge in [-0.25, -0.2) is 0 Å². The molecule has 0 bridgehead atoms. The Bertz CT molecular complexity index is 1500. The zero-order chi connectivity index (χ0) is 31.9. The minimum atomic E-state index is -3.86. The number of benzene rings is 1. The van der Waals surface area contributed by atoms with E-state index in [0.29, 0.717) is 49.9 Å². The van der Waals surface area contributed by atoms with Crippen molar-refractivity contribution in [3.63, 3.8) is 0 Å². The molecule has 2 aromatic heterocycles. The van der Waals surface area contributed by atoms with Gasteiger partial charge in [-0.3, -0.25) is 0 Å². The molecule has 244 valence electrons. The van der Waals surface area contributed by atoms with Gasteiger partial charge in [0, 0.05) is 0 Å². The van der Waals surface area contributed by atoms with Crippen LogP contribution in [0.25, 0.3) is 11.0 Å². The van der Waals surface area contributed by atoms with Gasteiger partial charge >= 0.3 is 275 Å². The third-order valence-electron chi connectivity index (χ3n) is 9.09. The fourth-order valence-electron chi connectivity index (χ4n) is 6.37. The van der Waals surface area contributed by atoms with Crippen LogP contribution in [-0.2, 0) is 19.5 Å². The molecule has 0 aliphatic carbocycles. The number of carbonyl (C=O) groups excluding carboxylic acids is 1. The summed E-state index contributed by atoms with van der Waals surface area (Å²) in [7, 11) is -3.86. The van der Waals surface area contributed by atoms with E-state index in [4.69, 9.17) is 14.5 Å². The fourth-order valence-corrected chi connectivity index (χ4v) is 14.5. The zero-order valence-electron chi connectivity index (χ0n) is 27.0. The quantitative estimate of drug-likeness (QED) is 0.177. The summed E-state index contributed by atoms with van der Waals surface area (Å²) in [6, 6.07) is 13.0. The molecule has 0 spiro atoms. The summed E-state index contributed by atoms with van der Waals surface area (Å²) in [4.78, 5) is 21.7. The normalized spacial score (nSPS) is 16.2. The van der Waals surface area contributed by atoms with Gasteiger partial charge in [0.25, 0.3) is 0 Å². The van der Waals surface area contributed by atoms with Gasteiger partial charge in [0.1, 0.15) is 0 Å². The molecular formula is C34H48N4O5SSn. The second-order valence-corrected chi connectivity index (χ2v) is 19.4. The maximum absolute atomic E-state index is 14.5. The van der Waals surface area contributed by atoms with Crippen LogP contribution in [0.1, 0.15) is 78.6 Å². The number of pyridine rings is 1. The van der Waals surface area contributed by atoms with E-state index < -0.39 is 31.2 Å². The first-order chi connectivity index (χ1) is 21.8. The molecule has 45 heavy (non-hydrogen) atoms. The van der Waals surface area contributed by atoms with Crippen LogP contribution >= 0.6 is 0 Å². The number of fused-ring (bicyclic) bond motifs is 1. The summed E-state index contributed by atoms with van der Waals surface area (Å²) in [5, 5.41) is 0.880.